The van der Waals surface area contributed by atoms with Crippen LogP contribution in [0.3, 0.4) is 0 Å². The lowest BCUT2D eigenvalue weighted by Gasteiger charge is -2.11. The Bertz CT molecular complexity index is 791. The number of Topliss-reactive ketones (excluding diaryl/α,β-unsaturated/α-hetero) is 1. The van der Waals surface area contributed by atoms with E-state index in [2.05, 4.69) is 36.4 Å². The van der Waals surface area contributed by atoms with Crippen LogP contribution in [0, 0.1) is 23.7 Å². The monoisotopic (exact) mass is 258 g/mol. The zero-order valence-electron chi connectivity index (χ0n) is 11.1. The van der Waals surface area contributed by atoms with Crippen LogP contribution >= 0.6 is 0 Å². The molecule has 4 saturated carbocycles. The number of carbonyl (C=O) groups is 1. The number of hydrogen-bond acceptors (Lipinski definition) is 1. The van der Waals surface area contributed by atoms with Crippen molar-refractivity contribution in [2.45, 2.75) is 12.8 Å². The van der Waals surface area contributed by atoms with E-state index < -0.39 is 0 Å². The number of hydrogen-bond donors (Lipinski definition) is 0. The van der Waals surface area contributed by atoms with Gasteiger partial charge in [-0.1, -0.05) is 29.8 Å². The van der Waals surface area contributed by atoms with E-state index in [4.69, 9.17) is 0 Å². The molecule has 0 heterocycles. The van der Waals surface area contributed by atoms with E-state index in [1.165, 1.54) is 27.5 Å². The summed E-state index contributed by atoms with van der Waals surface area (Å²) in [6.07, 6.45) is 2.31. The molecule has 4 atom stereocenters. The second-order valence-corrected chi connectivity index (χ2v) is 6.88. The van der Waals surface area contributed by atoms with Crippen LogP contribution < -0.4 is 0 Å². The summed E-state index contributed by atoms with van der Waals surface area (Å²) in [6.45, 7) is 0. The average Bonchev–Trinajstić information content (AvgIpc) is 2.81. The summed E-state index contributed by atoms with van der Waals surface area (Å²) in [4.78, 5) is 12.0. The number of allylic oxidation sites excluding steroid dienone is 1. The van der Waals surface area contributed by atoms with Gasteiger partial charge in [-0.15, -0.1) is 0 Å². The first kappa shape index (κ1) is 9.93. The molecular formula is C19H14O. The fourth-order valence-corrected chi connectivity index (χ4v) is 5.35. The topological polar surface area (TPSA) is 17.1 Å². The SMILES string of the molecule is O=C1[C@@H]2C[C@H]3C(=C4c5cc6ccccc6cc54)[C@@H]2C[C@@H]13. The first-order valence-electron chi connectivity index (χ1n) is 7.64. The Morgan fingerprint density at radius 2 is 1.35 bits per heavy atom. The molecular weight excluding hydrogens is 244 g/mol. The minimum absolute atomic E-state index is 0.388. The number of carbonyl (C=O) groups excluding carboxylic acids is 1. The molecule has 96 valence electrons. The Kier molecular flexibility index (Phi) is 1.44. The summed E-state index contributed by atoms with van der Waals surface area (Å²) in [5.41, 5.74) is 6.12. The highest BCUT2D eigenvalue weighted by atomic mass is 16.1. The van der Waals surface area contributed by atoms with Crippen LogP contribution in [0.1, 0.15) is 24.0 Å². The van der Waals surface area contributed by atoms with Gasteiger partial charge in [-0.3, -0.25) is 4.79 Å². The summed E-state index contributed by atoms with van der Waals surface area (Å²) in [5, 5.41) is 2.68. The molecule has 0 aromatic heterocycles. The van der Waals surface area contributed by atoms with Gasteiger partial charge < -0.3 is 0 Å². The van der Waals surface area contributed by atoms with Gasteiger partial charge in [0, 0.05) is 11.8 Å². The Morgan fingerprint density at radius 1 is 0.800 bits per heavy atom. The molecule has 5 aliphatic rings. The maximum absolute atomic E-state index is 12.0. The minimum atomic E-state index is 0.388. The second kappa shape index (κ2) is 2.90. The van der Waals surface area contributed by atoms with Crippen molar-refractivity contribution in [1.29, 1.82) is 0 Å². The summed E-state index contributed by atoms with van der Waals surface area (Å²) < 4.78 is 0. The molecule has 0 radical (unpaired) electrons. The van der Waals surface area contributed by atoms with Crippen LogP contribution in [0.15, 0.2) is 42.0 Å². The number of fused-ring (bicyclic) bond motifs is 2. The predicted octanol–water partition coefficient (Wildman–Crippen LogP) is 3.81. The van der Waals surface area contributed by atoms with Gasteiger partial charge in [-0.25, -0.2) is 0 Å². The van der Waals surface area contributed by atoms with Gasteiger partial charge in [0.25, 0.3) is 0 Å². The molecule has 1 nitrogen and oxygen atoms in total. The molecule has 2 aromatic rings. The van der Waals surface area contributed by atoms with Gasteiger partial charge >= 0.3 is 0 Å². The lowest BCUT2D eigenvalue weighted by Crippen LogP contribution is -2.14. The Labute approximate surface area is 117 Å². The van der Waals surface area contributed by atoms with Crippen LogP contribution in [-0.2, 0) is 4.79 Å². The summed E-state index contributed by atoms with van der Waals surface area (Å²) in [5.74, 6) is 2.56. The fourth-order valence-electron chi connectivity index (χ4n) is 5.35. The largest absolute Gasteiger partial charge is 0.299 e. The molecule has 4 bridgehead atoms. The van der Waals surface area contributed by atoms with Gasteiger partial charge in [-0.05, 0) is 64.3 Å². The van der Waals surface area contributed by atoms with E-state index in [1.54, 1.807) is 5.57 Å². The highest BCUT2D eigenvalue weighted by Gasteiger charge is 2.63. The molecule has 4 fully saturated rings. The molecule has 0 saturated heterocycles. The third-order valence-electron chi connectivity index (χ3n) is 6.17. The van der Waals surface area contributed by atoms with Gasteiger partial charge in [0.2, 0.25) is 0 Å². The van der Waals surface area contributed by atoms with Crippen molar-refractivity contribution >= 4 is 22.1 Å². The van der Waals surface area contributed by atoms with E-state index in [0.29, 0.717) is 29.5 Å². The molecule has 0 aliphatic heterocycles. The van der Waals surface area contributed by atoms with Crippen LogP contribution in [0.5, 0.6) is 0 Å². The van der Waals surface area contributed by atoms with Crippen molar-refractivity contribution in [3.8, 4) is 0 Å². The van der Waals surface area contributed by atoms with Crippen molar-refractivity contribution in [2.24, 2.45) is 23.7 Å². The predicted molar refractivity (Wildman–Crippen MR) is 78.2 cm³/mol. The quantitative estimate of drug-likeness (QED) is 0.599. The Morgan fingerprint density at radius 3 is 1.85 bits per heavy atom. The zero-order chi connectivity index (χ0) is 13.0. The van der Waals surface area contributed by atoms with Gasteiger partial charge in [0.05, 0.1) is 0 Å². The highest BCUT2D eigenvalue weighted by molar-refractivity contribution is 6.09. The Hall–Kier alpha value is -1.89. The fraction of sp³-hybridized carbons (Fsp3) is 0.316. The average molecular weight is 258 g/mol. The Balaban J connectivity index is 1.57. The smallest absolute Gasteiger partial charge is 0.140 e. The van der Waals surface area contributed by atoms with Crippen LogP contribution in [0.2, 0.25) is 0 Å². The summed E-state index contributed by atoms with van der Waals surface area (Å²) in [7, 11) is 0. The third-order valence-corrected chi connectivity index (χ3v) is 6.17. The molecule has 0 amide bonds. The molecule has 5 aliphatic carbocycles. The normalized spacial score (nSPS) is 35.5. The van der Waals surface area contributed by atoms with E-state index in [0.717, 1.165) is 12.8 Å². The summed E-state index contributed by atoms with van der Waals surface area (Å²) in [6, 6.07) is 13.3. The summed E-state index contributed by atoms with van der Waals surface area (Å²) >= 11 is 0. The van der Waals surface area contributed by atoms with Crippen molar-refractivity contribution < 1.29 is 4.79 Å². The molecule has 0 N–H and O–H groups in total. The lowest BCUT2D eigenvalue weighted by atomic mass is 9.92. The first-order chi connectivity index (χ1) is 9.83. The van der Waals surface area contributed by atoms with Crippen LogP contribution in [0.25, 0.3) is 16.3 Å². The highest BCUT2D eigenvalue weighted by Crippen LogP contribution is 2.68. The van der Waals surface area contributed by atoms with Crippen molar-refractivity contribution in [3.05, 3.63) is 53.1 Å². The van der Waals surface area contributed by atoms with E-state index in [-0.39, 0.29) is 0 Å². The van der Waals surface area contributed by atoms with Crippen LogP contribution in [-0.4, -0.2) is 5.78 Å². The van der Waals surface area contributed by atoms with E-state index in [1.807, 2.05) is 0 Å². The minimum Gasteiger partial charge on any atom is -0.299 e. The maximum atomic E-state index is 12.0. The van der Waals surface area contributed by atoms with Crippen molar-refractivity contribution in [2.75, 3.05) is 0 Å². The number of ketones is 1. The van der Waals surface area contributed by atoms with Gasteiger partial charge in [-0.2, -0.15) is 0 Å². The maximum Gasteiger partial charge on any atom is 0.140 e. The molecule has 2 aromatic carbocycles. The van der Waals surface area contributed by atoms with E-state index in [9.17, 15) is 4.79 Å². The van der Waals surface area contributed by atoms with Crippen LogP contribution in [0.4, 0.5) is 0 Å². The first-order valence-corrected chi connectivity index (χ1v) is 7.64. The standard InChI is InChI=1S/C19H14O/c20-19-15-7-13-16(19)8-14(15)18(13)17-11-5-9-3-1-2-4-10(9)6-12(11)17/h1-6,13-16H,7-8H2/t13-,14-,15-,16-/m1/s1. The van der Waals surface area contributed by atoms with E-state index >= 15 is 0 Å². The third kappa shape index (κ3) is 0.923. The molecule has 0 spiro atoms. The van der Waals surface area contributed by atoms with Gasteiger partial charge in [0.1, 0.15) is 5.78 Å². The molecule has 7 rings (SSSR count). The van der Waals surface area contributed by atoms with Crippen molar-refractivity contribution in [1.82, 2.24) is 0 Å². The van der Waals surface area contributed by atoms with Crippen molar-refractivity contribution in [3.63, 3.8) is 0 Å². The zero-order valence-corrected chi connectivity index (χ0v) is 11.1. The lowest BCUT2D eigenvalue weighted by molar-refractivity contribution is -0.122. The number of benzene rings is 2. The number of rotatable bonds is 0. The molecule has 0 unspecified atom stereocenters. The molecule has 20 heavy (non-hydrogen) atoms. The molecule has 1 heteroatoms. The second-order valence-electron chi connectivity index (χ2n) is 6.88. The van der Waals surface area contributed by atoms with Gasteiger partial charge in [0.15, 0.2) is 0 Å².